The van der Waals surface area contributed by atoms with Crippen molar-refractivity contribution in [3.05, 3.63) is 0 Å². The highest BCUT2D eigenvalue weighted by atomic mass is 127. The summed E-state index contributed by atoms with van der Waals surface area (Å²) in [5, 5.41) is 0. The molecular formula is HB28IN-2. The van der Waals surface area contributed by atoms with Crippen LogP contribution in [-0.2, 0) is 0 Å². The Hall–Kier alpha value is 2.51. The molecule has 0 rings (SSSR count). The van der Waals surface area contributed by atoms with Gasteiger partial charge in [0, 0.05) is 136 Å². The van der Waals surface area contributed by atoms with Crippen LogP contribution < -0.4 is 3.43 Å². The van der Waals surface area contributed by atoms with Gasteiger partial charge in [-0.2, -0.15) is 0 Å². The summed E-state index contributed by atoms with van der Waals surface area (Å²) >= 11 is 1.73. The standard InChI is InChI=1S/B28HIN/c1-15-22(14)26(23(16(2)3)17(4)5)28(30-29)27(24(18(6)7)19(8)9)25(20(10)11)21(12)13/h30H/q-2/i/hT. The van der Waals surface area contributed by atoms with Crippen molar-refractivity contribution in [1.82, 2.24) is 3.43 Å². The number of hydrogen-bond donors (Lipinski definition) is 1. The third-order valence-corrected chi connectivity index (χ3v) is 6.21. The summed E-state index contributed by atoms with van der Waals surface area (Å²) in [5.74, 6) is 0. The summed E-state index contributed by atoms with van der Waals surface area (Å²) < 4.78 is 9.57. The van der Waals surface area contributed by atoms with E-state index in [0.717, 1.165) is 3.43 Å². The minimum atomic E-state index is -1.06. The van der Waals surface area contributed by atoms with Gasteiger partial charge in [-0.25, -0.2) is 6.39 Å². The lowest BCUT2D eigenvalue weighted by atomic mass is 8.37. The summed E-state index contributed by atoms with van der Waals surface area (Å²) in [4.78, 5) is 0. The second-order valence-corrected chi connectivity index (χ2v) is 8.27. The Morgan fingerprint density at radius 3 is 1.17 bits per heavy atom. The molecule has 0 fully saturated rings. The summed E-state index contributed by atoms with van der Waals surface area (Å²) in [6.07, 6.45) is -11.4. The smallest absolute Gasteiger partial charge is 0.129 e. The van der Waals surface area contributed by atoms with Crippen LogP contribution in [0.3, 0.4) is 0 Å². The lowest BCUT2D eigenvalue weighted by Gasteiger charge is -2.49. The molecule has 0 unspecified atom stereocenters. The fraction of sp³-hybridized carbons (Fsp3) is 0. The number of nitrogens with one attached hydrogen (secondary N) is 1. The van der Waals surface area contributed by atoms with E-state index in [0.29, 0.717) is 0 Å². The molecule has 0 aliphatic heterocycles. The van der Waals surface area contributed by atoms with Crippen molar-refractivity contribution in [3.63, 3.8) is 0 Å². The maximum Gasteiger partial charge on any atom is 0.129 e. The summed E-state index contributed by atoms with van der Waals surface area (Å²) in [6, 6.07) is 0. The Morgan fingerprint density at radius 1 is 0.633 bits per heavy atom. The summed E-state index contributed by atoms with van der Waals surface area (Å²) in [6.45, 7) is -0.923. The summed E-state index contributed by atoms with van der Waals surface area (Å²) in [5.41, 5.74) is 0. The average molecular weight is 447 g/mol. The topological polar surface area (TPSA) is 12.0 Å². The summed E-state index contributed by atoms with van der Waals surface area (Å²) in [7, 11) is 85.5. The van der Waals surface area contributed by atoms with Gasteiger partial charge in [-0.1, -0.05) is 0 Å². The second kappa shape index (κ2) is 15.5. The maximum atomic E-state index is 8.51. The van der Waals surface area contributed by atoms with Crippen LogP contribution in [0.1, 0.15) is 0 Å². The second-order valence-electron chi connectivity index (χ2n) is 7.71. The van der Waals surface area contributed by atoms with E-state index in [1.807, 2.05) is 0 Å². The fourth-order valence-corrected chi connectivity index (χ4v) is 4.99. The van der Waals surface area contributed by atoms with Crippen molar-refractivity contribution in [3.8, 4) is 0 Å². The van der Waals surface area contributed by atoms with Crippen LogP contribution in [0.5, 0.6) is 0 Å². The minimum absolute atomic E-state index is 0.815. The zero-order valence-corrected chi connectivity index (χ0v) is 19.1. The molecule has 0 aliphatic carbocycles. The lowest BCUT2D eigenvalue weighted by molar-refractivity contribution is 1.79. The van der Waals surface area contributed by atoms with E-state index >= 15 is 0 Å². The first-order valence-corrected chi connectivity index (χ1v) is 10.4. The fourth-order valence-electron chi connectivity index (χ4n) is 4.25. The van der Waals surface area contributed by atoms with E-state index in [9.17, 15) is 0 Å². The molecule has 0 amide bonds. The van der Waals surface area contributed by atoms with Crippen LogP contribution in [0.25, 0.3) is 0 Å². The third kappa shape index (κ3) is 8.94. The van der Waals surface area contributed by atoms with Gasteiger partial charge in [0.05, 0.1) is 0 Å². The highest BCUT2D eigenvalue weighted by Gasteiger charge is 2.50. The molecule has 0 spiro atoms. The van der Waals surface area contributed by atoms with Crippen LogP contribution in [0.4, 0.5) is 0 Å². The SMILES string of the molecule is [3H]N(I)B(B(B([B])[B][B-])B(B([B])[B])B([B])[B-])B(B(B([B])[B])B([B])[B])B(B([B])[B])B([B])[B]. The minimum Gasteiger partial charge on any atom is -0.690 e. The van der Waals surface area contributed by atoms with Crippen LogP contribution in [0, 0.1) is 0 Å². The molecule has 0 aromatic carbocycles. The highest BCUT2D eigenvalue weighted by Crippen LogP contribution is 2.12. The predicted molar refractivity (Wildman–Crippen MR) is 178 cm³/mol. The molecular weight excluding hydrogens is 444 g/mol. The third-order valence-electron chi connectivity index (χ3n) is 5.57. The zero-order chi connectivity index (χ0) is 24.8. The first kappa shape index (κ1) is 30.5. The molecule has 99 valence electrons. The van der Waals surface area contributed by atoms with Crippen molar-refractivity contribution in [2.45, 2.75) is 0 Å². The Morgan fingerprint density at radius 2 is 0.967 bits per heavy atom. The van der Waals surface area contributed by atoms with Crippen LogP contribution >= 0.6 is 22.9 Å². The van der Waals surface area contributed by atoms with Crippen LogP contribution in [-0.4, -0.2) is 199 Å². The quantitative estimate of drug-likeness (QED) is 0.159. The predicted octanol–water partition coefficient (Wildman–Crippen LogP) is -10.3. The molecule has 0 heterocycles. The van der Waals surface area contributed by atoms with Crippen LogP contribution in [0.2, 0.25) is 1.41 Å². The Labute approximate surface area is 224 Å². The largest absolute Gasteiger partial charge is 0.690 e. The van der Waals surface area contributed by atoms with E-state index in [1.54, 1.807) is 22.9 Å². The van der Waals surface area contributed by atoms with E-state index in [-0.39, 0.29) is 0 Å². The number of halogens is 1. The van der Waals surface area contributed by atoms with Gasteiger partial charge in [-0.05, 0) is 50.1 Å². The first-order valence-electron chi connectivity index (χ1n) is 9.87. The van der Waals surface area contributed by atoms with Gasteiger partial charge in [0.1, 0.15) is 8.04 Å². The van der Waals surface area contributed by atoms with Crippen molar-refractivity contribution < 1.29 is 1.41 Å². The molecule has 30 heteroatoms. The van der Waals surface area contributed by atoms with E-state index in [2.05, 4.69) is 0 Å². The monoisotopic (exact) mass is 452 g/mol. The molecule has 0 saturated heterocycles. The van der Waals surface area contributed by atoms with Crippen molar-refractivity contribution in [1.29, 1.82) is 0 Å². The van der Waals surface area contributed by atoms with Gasteiger partial charge in [0.15, 0.2) is 0 Å². The van der Waals surface area contributed by atoms with Gasteiger partial charge in [-0.3, -0.25) is 7.06 Å². The molecule has 31 radical (unpaired) electrons. The van der Waals surface area contributed by atoms with Gasteiger partial charge in [0.25, 0.3) is 0 Å². The zero-order valence-electron chi connectivity index (χ0n) is 18.0. The highest BCUT2D eigenvalue weighted by molar-refractivity contribution is 14.1. The lowest BCUT2D eigenvalue weighted by Crippen LogP contribution is -2.87. The van der Waals surface area contributed by atoms with E-state index < -0.39 is 83.3 Å². The van der Waals surface area contributed by atoms with E-state index in [1.165, 1.54) is 7.06 Å². The average Bonchev–Trinajstić information content (AvgIpc) is 2.57. The van der Waals surface area contributed by atoms with Gasteiger partial charge >= 0.3 is 0 Å². The molecule has 1 nitrogen and oxygen atoms in total. The van der Waals surface area contributed by atoms with Gasteiger partial charge < -0.3 is 18.9 Å². The first-order chi connectivity index (χ1) is 14.1. The molecule has 30 heavy (non-hydrogen) atoms. The van der Waals surface area contributed by atoms with Gasteiger partial charge in [-0.15, -0.1) is 0 Å². The van der Waals surface area contributed by atoms with Crippen molar-refractivity contribution in [2.24, 2.45) is 0 Å². The number of rotatable bonds is 14. The molecule has 0 aromatic rings. The Kier molecular flexibility index (Phi) is 15.8. The number of hydrogen-bond acceptors (Lipinski definition) is 1. The molecule has 0 bridgehead atoms. The normalized spacial score (nSPS) is 10.2. The molecule has 0 saturated carbocycles. The maximum absolute atomic E-state index is 8.51. The van der Waals surface area contributed by atoms with Crippen LogP contribution in [0.15, 0.2) is 0 Å². The molecule has 0 aliphatic rings. The molecule has 0 aromatic heterocycles. The van der Waals surface area contributed by atoms with Crippen molar-refractivity contribution in [2.75, 3.05) is 0 Å². The van der Waals surface area contributed by atoms with E-state index in [4.69, 9.17) is 110 Å². The Bertz CT molecular complexity index is 428. The molecule has 1 N–H and O–H groups in total. The Balaban J connectivity index is 7.06. The molecule has 0 atom stereocenters. The van der Waals surface area contributed by atoms with Gasteiger partial charge in [0.2, 0.25) is 0 Å². The van der Waals surface area contributed by atoms with Crippen molar-refractivity contribution >= 4 is 221 Å².